The van der Waals surface area contributed by atoms with Gasteiger partial charge in [0.2, 0.25) is 11.8 Å². The van der Waals surface area contributed by atoms with E-state index in [1.54, 1.807) is 4.90 Å². The highest BCUT2D eigenvalue weighted by molar-refractivity contribution is 6.00. The van der Waals surface area contributed by atoms with Crippen molar-refractivity contribution < 1.29 is 9.59 Å². The van der Waals surface area contributed by atoms with Crippen molar-refractivity contribution in [2.45, 2.75) is 6.42 Å². The van der Waals surface area contributed by atoms with Crippen molar-refractivity contribution >= 4 is 28.9 Å². The van der Waals surface area contributed by atoms with Gasteiger partial charge >= 0.3 is 0 Å². The summed E-state index contributed by atoms with van der Waals surface area (Å²) in [7, 11) is 3.98. The summed E-state index contributed by atoms with van der Waals surface area (Å²) in [6, 6.07) is 18.2. The number of carbonyl (C=O) groups excluding carboxylic acids is 2. The van der Waals surface area contributed by atoms with Crippen LogP contribution in [0.15, 0.2) is 54.6 Å². The van der Waals surface area contributed by atoms with Crippen LogP contribution in [-0.4, -0.2) is 63.5 Å². The number of amides is 2. The van der Waals surface area contributed by atoms with Crippen LogP contribution in [0.5, 0.6) is 0 Å². The van der Waals surface area contributed by atoms with Crippen molar-refractivity contribution in [2.75, 3.05) is 61.5 Å². The first-order valence-corrected chi connectivity index (χ1v) is 10.2. The summed E-state index contributed by atoms with van der Waals surface area (Å²) in [6.07, 6.45) is 0.299. The van der Waals surface area contributed by atoms with Crippen LogP contribution in [0.2, 0.25) is 0 Å². The molecule has 2 amide bonds. The van der Waals surface area contributed by atoms with Crippen LogP contribution >= 0.6 is 0 Å². The Morgan fingerprint density at radius 2 is 1.55 bits per heavy atom. The zero-order chi connectivity index (χ0) is 20.4. The minimum Gasteiger partial charge on any atom is -0.378 e. The molecule has 0 N–H and O–H groups in total. The number of nitrogens with zero attached hydrogens (tertiary/aromatic N) is 4. The average molecular weight is 393 g/mol. The fraction of sp³-hybridized carbons (Fsp3) is 0.391. The van der Waals surface area contributed by atoms with Gasteiger partial charge in [0.1, 0.15) is 0 Å². The third-order valence-electron chi connectivity index (χ3n) is 5.86. The van der Waals surface area contributed by atoms with Gasteiger partial charge in [0, 0.05) is 70.3 Å². The molecule has 1 unspecified atom stereocenters. The number of para-hydroxylation sites is 1. The largest absolute Gasteiger partial charge is 0.378 e. The third-order valence-corrected chi connectivity index (χ3v) is 5.86. The molecule has 0 spiro atoms. The first-order chi connectivity index (χ1) is 14.0. The zero-order valence-electron chi connectivity index (χ0n) is 17.1. The first-order valence-electron chi connectivity index (χ1n) is 10.2. The minimum atomic E-state index is -0.251. The van der Waals surface area contributed by atoms with Crippen molar-refractivity contribution in [1.29, 1.82) is 0 Å². The van der Waals surface area contributed by atoms with Crippen molar-refractivity contribution in [3.63, 3.8) is 0 Å². The van der Waals surface area contributed by atoms with Crippen LogP contribution in [0, 0.1) is 5.92 Å². The second kappa shape index (κ2) is 8.15. The molecule has 2 heterocycles. The predicted octanol–water partition coefficient (Wildman–Crippen LogP) is 2.45. The van der Waals surface area contributed by atoms with Gasteiger partial charge in [-0.05, 0) is 36.4 Å². The fourth-order valence-electron chi connectivity index (χ4n) is 4.14. The van der Waals surface area contributed by atoms with Crippen molar-refractivity contribution in [3.05, 3.63) is 54.6 Å². The summed E-state index contributed by atoms with van der Waals surface area (Å²) in [4.78, 5) is 33.6. The summed E-state index contributed by atoms with van der Waals surface area (Å²) in [5.74, 6) is -0.110. The highest BCUT2D eigenvalue weighted by Gasteiger charge is 2.37. The Balaban J connectivity index is 1.36. The fourth-order valence-corrected chi connectivity index (χ4v) is 4.14. The van der Waals surface area contributed by atoms with Gasteiger partial charge in [0.25, 0.3) is 0 Å². The van der Waals surface area contributed by atoms with E-state index in [1.807, 2.05) is 66.4 Å². The molecule has 4 rings (SSSR count). The lowest BCUT2D eigenvalue weighted by Gasteiger charge is -2.37. The maximum Gasteiger partial charge on any atom is 0.228 e. The number of piperazine rings is 1. The standard InChI is InChI=1S/C23H28N4O2/c1-24(2)19-8-10-21(11-9-19)27-17-18(16-22(27)28)23(29)26-14-12-25(13-15-26)20-6-4-3-5-7-20/h3-11,18H,12-17H2,1-2H3. The molecular weight excluding hydrogens is 364 g/mol. The van der Waals surface area contributed by atoms with Crippen LogP contribution in [0.25, 0.3) is 0 Å². The maximum atomic E-state index is 13.0. The number of anilines is 3. The Morgan fingerprint density at radius 3 is 2.17 bits per heavy atom. The van der Waals surface area contributed by atoms with Crippen molar-refractivity contribution in [2.24, 2.45) is 5.92 Å². The summed E-state index contributed by atoms with van der Waals surface area (Å²) >= 11 is 0. The van der Waals surface area contributed by atoms with Gasteiger partial charge in [-0.25, -0.2) is 0 Å². The van der Waals surface area contributed by atoms with E-state index in [2.05, 4.69) is 17.0 Å². The van der Waals surface area contributed by atoms with Crippen molar-refractivity contribution in [3.8, 4) is 0 Å². The molecule has 2 saturated heterocycles. The molecule has 1 atom stereocenters. The van der Waals surface area contributed by atoms with Crippen LogP contribution in [0.3, 0.4) is 0 Å². The summed E-state index contributed by atoms with van der Waals surface area (Å²) < 4.78 is 0. The highest BCUT2D eigenvalue weighted by atomic mass is 16.2. The van der Waals surface area contributed by atoms with Crippen LogP contribution < -0.4 is 14.7 Å². The lowest BCUT2D eigenvalue weighted by atomic mass is 10.1. The van der Waals surface area contributed by atoms with E-state index in [9.17, 15) is 9.59 Å². The van der Waals surface area contributed by atoms with Gasteiger partial charge < -0.3 is 19.6 Å². The van der Waals surface area contributed by atoms with E-state index in [-0.39, 0.29) is 17.7 Å². The molecule has 0 radical (unpaired) electrons. The number of hydrogen-bond donors (Lipinski definition) is 0. The van der Waals surface area contributed by atoms with Gasteiger partial charge in [0.05, 0.1) is 5.92 Å². The Hall–Kier alpha value is -3.02. The molecule has 29 heavy (non-hydrogen) atoms. The second-order valence-electron chi connectivity index (χ2n) is 7.96. The third kappa shape index (κ3) is 4.06. The Bertz CT molecular complexity index is 858. The average Bonchev–Trinajstić information content (AvgIpc) is 3.15. The van der Waals surface area contributed by atoms with E-state index in [4.69, 9.17) is 0 Å². The predicted molar refractivity (Wildman–Crippen MR) is 116 cm³/mol. The molecule has 2 aromatic rings. The van der Waals surface area contributed by atoms with Gasteiger partial charge in [-0.1, -0.05) is 18.2 Å². The molecule has 6 nitrogen and oxygen atoms in total. The minimum absolute atomic E-state index is 0.0314. The Morgan fingerprint density at radius 1 is 0.897 bits per heavy atom. The van der Waals surface area contributed by atoms with Crippen LogP contribution in [0.4, 0.5) is 17.1 Å². The van der Waals surface area contributed by atoms with Crippen LogP contribution in [-0.2, 0) is 9.59 Å². The summed E-state index contributed by atoms with van der Waals surface area (Å²) in [6.45, 7) is 3.53. The zero-order valence-corrected chi connectivity index (χ0v) is 17.1. The van der Waals surface area contributed by atoms with Crippen molar-refractivity contribution in [1.82, 2.24) is 4.90 Å². The summed E-state index contributed by atoms with van der Waals surface area (Å²) in [5, 5.41) is 0. The normalized spacial score (nSPS) is 19.6. The van der Waals surface area contributed by atoms with E-state index < -0.39 is 0 Å². The molecular formula is C23H28N4O2. The molecule has 152 valence electrons. The molecule has 2 aromatic carbocycles. The molecule has 0 aliphatic carbocycles. The molecule has 0 aromatic heterocycles. The quantitative estimate of drug-likeness (QED) is 0.802. The Labute approximate surface area is 172 Å². The summed E-state index contributed by atoms with van der Waals surface area (Å²) in [5.41, 5.74) is 3.15. The second-order valence-corrected chi connectivity index (χ2v) is 7.96. The molecule has 6 heteroatoms. The molecule has 2 fully saturated rings. The highest BCUT2D eigenvalue weighted by Crippen LogP contribution is 2.28. The van der Waals surface area contributed by atoms with E-state index in [1.165, 1.54) is 5.69 Å². The van der Waals surface area contributed by atoms with Gasteiger partial charge in [-0.2, -0.15) is 0 Å². The molecule has 2 aliphatic heterocycles. The topological polar surface area (TPSA) is 47.1 Å². The van der Waals surface area contributed by atoms with E-state index in [0.29, 0.717) is 26.1 Å². The smallest absolute Gasteiger partial charge is 0.228 e. The maximum absolute atomic E-state index is 13.0. The number of hydrogen-bond acceptors (Lipinski definition) is 4. The number of benzene rings is 2. The number of rotatable bonds is 4. The van der Waals surface area contributed by atoms with E-state index in [0.717, 1.165) is 24.5 Å². The van der Waals surface area contributed by atoms with Gasteiger partial charge in [-0.3, -0.25) is 9.59 Å². The lowest BCUT2D eigenvalue weighted by Crippen LogP contribution is -2.50. The number of carbonyl (C=O) groups is 2. The molecule has 2 aliphatic rings. The first kappa shape index (κ1) is 19.3. The Kier molecular flexibility index (Phi) is 5.43. The SMILES string of the molecule is CN(C)c1ccc(N2CC(C(=O)N3CCN(c4ccccc4)CC3)CC2=O)cc1. The molecule has 0 saturated carbocycles. The molecule has 0 bridgehead atoms. The monoisotopic (exact) mass is 392 g/mol. The van der Waals surface area contributed by atoms with E-state index >= 15 is 0 Å². The lowest BCUT2D eigenvalue weighted by molar-refractivity contribution is -0.136. The van der Waals surface area contributed by atoms with Gasteiger partial charge in [-0.15, -0.1) is 0 Å². The van der Waals surface area contributed by atoms with Crippen LogP contribution in [0.1, 0.15) is 6.42 Å². The van der Waals surface area contributed by atoms with Gasteiger partial charge in [0.15, 0.2) is 0 Å².